The Kier molecular flexibility index (Phi) is 24.0. The van der Waals surface area contributed by atoms with Crippen LogP contribution in [0.4, 0.5) is 0 Å². The van der Waals surface area contributed by atoms with Gasteiger partial charge < -0.3 is 5.73 Å². The van der Waals surface area contributed by atoms with Gasteiger partial charge in [-0.25, -0.2) is 0 Å². The van der Waals surface area contributed by atoms with Gasteiger partial charge in [-0.1, -0.05) is 29.4 Å². The van der Waals surface area contributed by atoms with Gasteiger partial charge in [-0.15, -0.1) is 0 Å². The van der Waals surface area contributed by atoms with Crippen molar-refractivity contribution < 1.29 is 0 Å². The van der Waals surface area contributed by atoms with Crippen molar-refractivity contribution in [3.63, 3.8) is 0 Å². The lowest BCUT2D eigenvalue weighted by molar-refractivity contribution is 1.12. The Hall–Kier alpha value is 0.0200. The SMILES string of the molecule is C=CN.CCCBr. The van der Waals surface area contributed by atoms with Gasteiger partial charge in [0.05, 0.1) is 0 Å². The Morgan fingerprint density at radius 3 is 2.00 bits per heavy atom. The van der Waals surface area contributed by atoms with Crippen LogP contribution in [-0.4, -0.2) is 5.33 Å². The lowest BCUT2D eigenvalue weighted by Gasteiger charge is -1.66. The van der Waals surface area contributed by atoms with Gasteiger partial charge in [-0.2, -0.15) is 0 Å². The molecule has 0 unspecified atom stereocenters. The van der Waals surface area contributed by atoms with E-state index in [1.54, 1.807) is 0 Å². The molecule has 1 nitrogen and oxygen atoms in total. The van der Waals surface area contributed by atoms with Crippen LogP contribution in [0.2, 0.25) is 0 Å². The average Bonchev–Trinajstić information content (AvgIpc) is 1.69. The van der Waals surface area contributed by atoms with Gasteiger partial charge in [0, 0.05) is 5.33 Å². The monoisotopic (exact) mass is 165 g/mol. The Morgan fingerprint density at radius 1 is 1.86 bits per heavy atom. The Bertz CT molecular complexity index is 27.3. The lowest BCUT2D eigenvalue weighted by Crippen LogP contribution is -1.67. The van der Waals surface area contributed by atoms with Crippen molar-refractivity contribution in [3.8, 4) is 0 Å². The first-order valence-corrected chi connectivity index (χ1v) is 3.34. The normalized spacial score (nSPS) is 6.00. The summed E-state index contributed by atoms with van der Waals surface area (Å²) in [6.45, 7) is 5.27. The van der Waals surface area contributed by atoms with Gasteiger partial charge in [0.25, 0.3) is 0 Å². The van der Waals surface area contributed by atoms with Crippen LogP contribution >= 0.6 is 15.9 Å². The molecule has 0 radical (unpaired) electrons. The molecule has 44 valence electrons. The van der Waals surface area contributed by atoms with Crippen LogP contribution in [-0.2, 0) is 0 Å². The van der Waals surface area contributed by atoms with Crippen molar-refractivity contribution >= 4 is 15.9 Å². The maximum atomic E-state index is 4.61. The van der Waals surface area contributed by atoms with E-state index in [4.69, 9.17) is 0 Å². The number of halogens is 1. The molecule has 0 heterocycles. The highest BCUT2D eigenvalue weighted by Crippen LogP contribution is 1.80. The molecule has 0 rings (SSSR count). The highest BCUT2D eigenvalue weighted by Gasteiger charge is 1.58. The molecular weight excluding hydrogens is 154 g/mol. The van der Waals surface area contributed by atoms with E-state index in [1.165, 1.54) is 12.6 Å². The van der Waals surface area contributed by atoms with Gasteiger partial charge in [-0.3, -0.25) is 0 Å². The zero-order chi connectivity index (χ0) is 6.12. The van der Waals surface area contributed by atoms with Crippen LogP contribution in [0, 0.1) is 0 Å². The minimum Gasteiger partial charge on any atom is -0.405 e. The third-order valence-corrected chi connectivity index (χ3v) is 0.982. The van der Waals surface area contributed by atoms with E-state index in [9.17, 15) is 0 Å². The fourth-order valence-corrected chi connectivity index (χ4v) is 0. The average molecular weight is 166 g/mol. The number of hydrogen-bond donors (Lipinski definition) is 1. The fraction of sp³-hybridized carbons (Fsp3) is 0.600. The van der Waals surface area contributed by atoms with Gasteiger partial charge in [0.2, 0.25) is 0 Å². The minimum atomic E-state index is 1.13. The van der Waals surface area contributed by atoms with E-state index >= 15 is 0 Å². The molecule has 0 aromatic carbocycles. The van der Waals surface area contributed by atoms with Gasteiger partial charge in [0.15, 0.2) is 0 Å². The maximum Gasteiger partial charge on any atom is 0.00286 e. The second kappa shape index (κ2) is 16.6. The molecule has 0 saturated heterocycles. The van der Waals surface area contributed by atoms with Crippen molar-refractivity contribution in [2.45, 2.75) is 13.3 Å². The zero-order valence-electron chi connectivity index (χ0n) is 4.65. The van der Waals surface area contributed by atoms with E-state index < -0.39 is 0 Å². The van der Waals surface area contributed by atoms with Crippen LogP contribution in [0.3, 0.4) is 0 Å². The molecule has 0 aliphatic rings. The molecule has 0 aromatic rings. The van der Waals surface area contributed by atoms with Gasteiger partial charge >= 0.3 is 0 Å². The third-order valence-electron chi connectivity index (χ3n) is 0.189. The molecule has 0 aliphatic carbocycles. The van der Waals surface area contributed by atoms with E-state index in [2.05, 4.69) is 35.2 Å². The summed E-state index contributed by atoms with van der Waals surface area (Å²) >= 11 is 3.25. The molecule has 2 heteroatoms. The molecule has 0 aliphatic heterocycles. The van der Waals surface area contributed by atoms with Crippen molar-refractivity contribution in [1.29, 1.82) is 0 Å². The maximum absolute atomic E-state index is 4.61. The number of nitrogens with two attached hydrogens (primary N) is 1. The minimum absolute atomic E-state index is 1.13. The smallest absolute Gasteiger partial charge is 0.00286 e. The Balaban J connectivity index is 0. The first-order valence-electron chi connectivity index (χ1n) is 2.22. The summed E-state index contributed by atoms with van der Waals surface area (Å²) in [4.78, 5) is 0. The van der Waals surface area contributed by atoms with Gasteiger partial charge in [0.1, 0.15) is 0 Å². The van der Waals surface area contributed by atoms with E-state index in [1.807, 2.05) is 0 Å². The molecule has 0 atom stereocenters. The second-order valence-electron chi connectivity index (χ2n) is 0.925. The Morgan fingerprint density at radius 2 is 2.00 bits per heavy atom. The molecule has 2 N–H and O–H groups in total. The summed E-state index contributed by atoms with van der Waals surface area (Å²) in [7, 11) is 0. The highest BCUT2D eigenvalue weighted by molar-refractivity contribution is 9.09. The van der Waals surface area contributed by atoms with Crippen molar-refractivity contribution in [2.75, 3.05) is 5.33 Å². The summed E-state index contributed by atoms with van der Waals surface area (Å²) in [6, 6.07) is 0. The fourth-order valence-electron chi connectivity index (χ4n) is 0. The Labute approximate surface area is 53.7 Å². The number of hydrogen-bond acceptors (Lipinski definition) is 1. The molecule has 0 bridgehead atoms. The molecule has 7 heavy (non-hydrogen) atoms. The first-order chi connectivity index (χ1) is 3.33. The lowest BCUT2D eigenvalue weighted by atomic mass is 10.6. The summed E-state index contributed by atoms with van der Waals surface area (Å²) in [5, 5.41) is 1.13. The standard InChI is InChI=1S/C3H7Br.C2H5N/c1-2-3-4;1-2-3/h2-3H2,1H3;2H,1,3H2. The molecule has 0 spiro atoms. The van der Waals surface area contributed by atoms with E-state index in [0.717, 1.165) is 5.33 Å². The van der Waals surface area contributed by atoms with Crippen LogP contribution in [0.1, 0.15) is 13.3 Å². The predicted octanol–water partition coefficient (Wildman–Crippen LogP) is 1.88. The van der Waals surface area contributed by atoms with Crippen molar-refractivity contribution in [2.24, 2.45) is 5.73 Å². The quantitative estimate of drug-likeness (QED) is 0.591. The largest absolute Gasteiger partial charge is 0.405 e. The predicted molar refractivity (Wildman–Crippen MR) is 38.5 cm³/mol. The number of rotatable bonds is 1. The second-order valence-corrected chi connectivity index (χ2v) is 1.72. The molecule has 0 amide bonds. The molecule has 0 saturated carbocycles. The summed E-state index contributed by atoms with van der Waals surface area (Å²) in [5.74, 6) is 0. The van der Waals surface area contributed by atoms with Crippen molar-refractivity contribution in [1.82, 2.24) is 0 Å². The zero-order valence-corrected chi connectivity index (χ0v) is 6.24. The van der Waals surface area contributed by atoms with E-state index in [0.29, 0.717) is 0 Å². The van der Waals surface area contributed by atoms with Crippen LogP contribution in [0.5, 0.6) is 0 Å². The first kappa shape index (κ1) is 10.1. The summed E-state index contributed by atoms with van der Waals surface area (Å²) < 4.78 is 0. The van der Waals surface area contributed by atoms with E-state index in [-0.39, 0.29) is 0 Å². The third kappa shape index (κ3) is 93.5. The molecule has 0 fully saturated rings. The van der Waals surface area contributed by atoms with Crippen LogP contribution < -0.4 is 5.73 Å². The summed E-state index contributed by atoms with van der Waals surface area (Å²) in [5.41, 5.74) is 4.61. The topological polar surface area (TPSA) is 26.0 Å². The van der Waals surface area contributed by atoms with Gasteiger partial charge in [-0.05, 0) is 12.6 Å². The van der Waals surface area contributed by atoms with Crippen LogP contribution in [0.15, 0.2) is 12.8 Å². The molecular formula is C5H12BrN. The number of alkyl halides is 1. The summed E-state index contributed by atoms with van der Waals surface area (Å²) in [6.07, 6.45) is 2.49. The molecule has 0 aromatic heterocycles. The van der Waals surface area contributed by atoms with Crippen molar-refractivity contribution in [3.05, 3.63) is 12.8 Å². The highest BCUT2D eigenvalue weighted by atomic mass is 79.9. The van der Waals surface area contributed by atoms with Crippen LogP contribution in [0.25, 0.3) is 0 Å².